The number of hydrogen-bond donors (Lipinski definition) is 5. The fraction of sp³-hybridized carbons (Fsp3) is 0.0625. The van der Waals surface area contributed by atoms with Crippen LogP contribution in [0.2, 0.25) is 0 Å². The first kappa shape index (κ1) is 14.6. The summed E-state index contributed by atoms with van der Waals surface area (Å²) in [6.07, 6.45) is 4.11. The van der Waals surface area contributed by atoms with Crippen LogP contribution in [0.3, 0.4) is 0 Å². The molecule has 0 amide bonds. The number of fused-ring (bicyclic) bond motifs is 1. The van der Waals surface area contributed by atoms with Crippen molar-refractivity contribution < 1.29 is 29.9 Å². The molecule has 0 atom stereocenters. The van der Waals surface area contributed by atoms with Crippen molar-refractivity contribution in [3.8, 4) is 17.2 Å². The van der Waals surface area contributed by atoms with Gasteiger partial charge in [-0.25, -0.2) is 0 Å². The molecular weight excluding hydrogens is 304 g/mol. The number of benzene rings is 1. The van der Waals surface area contributed by atoms with E-state index in [1.165, 1.54) is 12.2 Å². The second-order valence-corrected chi connectivity index (χ2v) is 4.99. The van der Waals surface area contributed by atoms with E-state index in [1.807, 2.05) is 0 Å². The SMILES string of the molecule is O=c1c(O)c(C2=C(O)C=C(O)CC=C2)oc2cc(O)cc(O)c12. The van der Waals surface area contributed by atoms with Crippen LogP contribution in [0.5, 0.6) is 17.2 Å². The summed E-state index contributed by atoms with van der Waals surface area (Å²) in [6, 6.07) is 2.05. The molecule has 1 aliphatic carbocycles. The van der Waals surface area contributed by atoms with Gasteiger partial charge in [0, 0.05) is 24.6 Å². The summed E-state index contributed by atoms with van der Waals surface area (Å²) in [4.78, 5) is 12.2. The van der Waals surface area contributed by atoms with E-state index >= 15 is 0 Å². The van der Waals surface area contributed by atoms with Crippen LogP contribution in [0.15, 0.2) is 51.1 Å². The van der Waals surface area contributed by atoms with E-state index in [1.54, 1.807) is 0 Å². The molecule has 23 heavy (non-hydrogen) atoms. The van der Waals surface area contributed by atoms with E-state index in [4.69, 9.17) is 4.42 Å². The molecule has 0 radical (unpaired) electrons. The molecule has 1 aliphatic rings. The van der Waals surface area contributed by atoms with E-state index in [0.717, 1.165) is 18.2 Å². The van der Waals surface area contributed by atoms with Gasteiger partial charge in [0.25, 0.3) is 0 Å². The van der Waals surface area contributed by atoms with Gasteiger partial charge < -0.3 is 29.9 Å². The minimum Gasteiger partial charge on any atom is -0.512 e. The third-order valence-electron chi connectivity index (χ3n) is 3.37. The summed E-state index contributed by atoms with van der Waals surface area (Å²) in [5, 5.41) is 48.5. The number of aromatic hydroxyl groups is 3. The van der Waals surface area contributed by atoms with Crippen molar-refractivity contribution in [2.24, 2.45) is 0 Å². The molecule has 0 fully saturated rings. The highest BCUT2D eigenvalue weighted by Gasteiger charge is 2.21. The van der Waals surface area contributed by atoms with Gasteiger partial charge in [0.05, 0.1) is 11.3 Å². The summed E-state index contributed by atoms with van der Waals surface area (Å²) < 4.78 is 5.39. The average Bonchev–Trinajstić information content (AvgIpc) is 2.62. The first-order valence-corrected chi connectivity index (χ1v) is 6.60. The quantitative estimate of drug-likeness (QED) is 0.546. The zero-order chi connectivity index (χ0) is 16.7. The van der Waals surface area contributed by atoms with Gasteiger partial charge >= 0.3 is 0 Å². The van der Waals surface area contributed by atoms with Gasteiger partial charge in [-0.15, -0.1) is 0 Å². The van der Waals surface area contributed by atoms with Gasteiger partial charge in [-0.2, -0.15) is 0 Å². The molecule has 1 aromatic carbocycles. The second kappa shape index (κ2) is 5.13. The van der Waals surface area contributed by atoms with Crippen molar-refractivity contribution >= 4 is 16.5 Å². The van der Waals surface area contributed by atoms with E-state index in [0.29, 0.717) is 0 Å². The highest BCUT2D eigenvalue weighted by molar-refractivity contribution is 5.89. The fourth-order valence-electron chi connectivity index (χ4n) is 2.33. The lowest BCUT2D eigenvalue weighted by Gasteiger charge is -2.08. The summed E-state index contributed by atoms with van der Waals surface area (Å²) in [6.45, 7) is 0. The lowest BCUT2D eigenvalue weighted by Crippen LogP contribution is -2.05. The number of aliphatic hydroxyl groups is 2. The Hall–Kier alpha value is -3.35. The monoisotopic (exact) mass is 316 g/mol. The summed E-state index contributed by atoms with van der Waals surface area (Å²) >= 11 is 0. The summed E-state index contributed by atoms with van der Waals surface area (Å²) in [7, 11) is 0. The Kier molecular flexibility index (Phi) is 3.25. The average molecular weight is 316 g/mol. The van der Waals surface area contributed by atoms with E-state index in [9.17, 15) is 30.3 Å². The highest BCUT2D eigenvalue weighted by Crippen LogP contribution is 2.35. The molecule has 1 heterocycles. The van der Waals surface area contributed by atoms with Crippen molar-refractivity contribution in [2.45, 2.75) is 6.42 Å². The summed E-state index contributed by atoms with van der Waals surface area (Å²) in [5.41, 5.74) is -1.09. The molecule has 0 unspecified atom stereocenters. The number of phenols is 2. The number of hydrogen-bond acceptors (Lipinski definition) is 7. The van der Waals surface area contributed by atoms with Crippen molar-refractivity contribution in [3.05, 3.63) is 57.9 Å². The largest absolute Gasteiger partial charge is 0.512 e. The molecular formula is C16H12O7. The van der Waals surface area contributed by atoms with Gasteiger partial charge in [0.1, 0.15) is 28.2 Å². The number of aliphatic hydroxyl groups excluding tert-OH is 2. The highest BCUT2D eigenvalue weighted by atomic mass is 16.4. The lowest BCUT2D eigenvalue weighted by atomic mass is 10.1. The van der Waals surface area contributed by atoms with Crippen molar-refractivity contribution in [2.75, 3.05) is 0 Å². The molecule has 5 N–H and O–H groups in total. The van der Waals surface area contributed by atoms with Crippen molar-refractivity contribution in [1.82, 2.24) is 0 Å². The number of allylic oxidation sites excluding steroid dienone is 4. The minimum absolute atomic E-state index is 0.0200. The Balaban J connectivity index is 2.38. The van der Waals surface area contributed by atoms with Crippen LogP contribution in [0.1, 0.15) is 12.2 Å². The van der Waals surface area contributed by atoms with Crippen LogP contribution in [0.25, 0.3) is 16.5 Å². The smallest absolute Gasteiger partial charge is 0.238 e. The predicted octanol–water partition coefficient (Wildman–Crippen LogP) is 2.58. The normalized spacial score (nSPS) is 14.9. The molecule has 0 spiro atoms. The van der Waals surface area contributed by atoms with Crippen molar-refractivity contribution in [1.29, 1.82) is 0 Å². The molecule has 7 heteroatoms. The van der Waals surface area contributed by atoms with Crippen LogP contribution in [0.4, 0.5) is 0 Å². The van der Waals surface area contributed by atoms with Gasteiger partial charge in [0.2, 0.25) is 11.2 Å². The van der Waals surface area contributed by atoms with Gasteiger partial charge in [0.15, 0.2) is 5.76 Å². The first-order valence-electron chi connectivity index (χ1n) is 6.60. The Morgan fingerprint density at radius 3 is 2.52 bits per heavy atom. The molecule has 0 saturated carbocycles. The van der Waals surface area contributed by atoms with Gasteiger partial charge in [-0.05, 0) is 0 Å². The van der Waals surface area contributed by atoms with E-state index in [-0.39, 0.29) is 40.2 Å². The zero-order valence-electron chi connectivity index (χ0n) is 11.6. The van der Waals surface area contributed by atoms with Crippen LogP contribution in [0, 0.1) is 0 Å². The third kappa shape index (κ3) is 2.38. The Bertz CT molecular complexity index is 961. The Morgan fingerprint density at radius 2 is 1.78 bits per heavy atom. The zero-order valence-corrected chi connectivity index (χ0v) is 11.6. The lowest BCUT2D eigenvalue weighted by molar-refractivity contribution is 0.385. The van der Waals surface area contributed by atoms with Crippen LogP contribution in [-0.2, 0) is 0 Å². The third-order valence-corrected chi connectivity index (χ3v) is 3.37. The molecule has 0 saturated heterocycles. The molecule has 2 aromatic rings. The first-order chi connectivity index (χ1) is 10.9. The Labute approximate surface area is 129 Å². The van der Waals surface area contributed by atoms with Crippen LogP contribution in [-0.4, -0.2) is 25.5 Å². The van der Waals surface area contributed by atoms with Gasteiger partial charge in [-0.1, -0.05) is 12.2 Å². The molecule has 118 valence electrons. The maximum atomic E-state index is 12.2. The Morgan fingerprint density at radius 1 is 1.04 bits per heavy atom. The van der Waals surface area contributed by atoms with E-state index in [2.05, 4.69) is 0 Å². The standard InChI is InChI=1S/C16H12O7/c17-7-2-1-3-9(10(19)4-7)16-15(22)14(21)13-11(20)5-8(18)6-12(13)23-16/h1,3-6,17-20,22H,2H2. The molecule has 7 nitrogen and oxygen atoms in total. The second-order valence-electron chi connectivity index (χ2n) is 4.99. The van der Waals surface area contributed by atoms with Crippen LogP contribution < -0.4 is 5.43 Å². The van der Waals surface area contributed by atoms with E-state index < -0.39 is 22.7 Å². The molecule has 1 aromatic heterocycles. The van der Waals surface area contributed by atoms with Gasteiger partial charge in [-0.3, -0.25) is 4.79 Å². The van der Waals surface area contributed by atoms with Crippen molar-refractivity contribution in [3.63, 3.8) is 0 Å². The topological polar surface area (TPSA) is 131 Å². The molecule has 3 rings (SSSR count). The minimum atomic E-state index is -0.912. The maximum Gasteiger partial charge on any atom is 0.238 e. The fourth-order valence-corrected chi connectivity index (χ4v) is 2.33. The molecule has 0 aliphatic heterocycles. The number of rotatable bonds is 1. The summed E-state index contributed by atoms with van der Waals surface area (Å²) in [5.74, 6) is -2.53. The number of phenolic OH excluding ortho intramolecular Hbond substituents is 2. The molecule has 0 bridgehead atoms. The maximum absolute atomic E-state index is 12.2. The predicted molar refractivity (Wildman–Crippen MR) is 81.5 cm³/mol. The van der Waals surface area contributed by atoms with Crippen LogP contribution >= 0.6 is 0 Å².